The normalized spacial score (nSPS) is 15.7. The lowest BCUT2D eigenvalue weighted by Gasteiger charge is -2.23. The van der Waals surface area contributed by atoms with Crippen LogP contribution in [-0.2, 0) is 20.8 Å². The largest absolute Gasteiger partial charge is 0.461 e. The first-order valence-corrected chi connectivity index (χ1v) is 7.31. The van der Waals surface area contributed by atoms with Crippen LogP contribution in [0.25, 0.3) is 0 Å². The molecule has 2 heterocycles. The molecule has 0 saturated carbocycles. The predicted molar refractivity (Wildman–Crippen MR) is 77.1 cm³/mol. The van der Waals surface area contributed by atoms with Crippen molar-refractivity contribution in [2.24, 2.45) is 0 Å². The number of carbonyl (C=O) groups excluding carboxylic acids is 2. The van der Waals surface area contributed by atoms with Gasteiger partial charge in [-0.05, 0) is 38.3 Å². The third kappa shape index (κ3) is 4.07. The van der Waals surface area contributed by atoms with Crippen LogP contribution in [0.5, 0.6) is 0 Å². The average molecular weight is 294 g/mol. The second kappa shape index (κ2) is 7.26. The molecule has 1 aliphatic heterocycles. The lowest BCUT2D eigenvalue weighted by atomic mass is 10.1. The van der Waals surface area contributed by atoms with E-state index in [2.05, 4.69) is 5.32 Å². The summed E-state index contributed by atoms with van der Waals surface area (Å²) >= 11 is 0. The zero-order chi connectivity index (χ0) is 15.2. The molecule has 0 spiro atoms. The van der Waals surface area contributed by atoms with E-state index in [-0.39, 0.29) is 24.5 Å². The van der Waals surface area contributed by atoms with Crippen LogP contribution in [0.3, 0.4) is 0 Å². The van der Waals surface area contributed by atoms with E-state index in [4.69, 9.17) is 9.47 Å². The van der Waals surface area contributed by atoms with Gasteiger partial charge in [0.25, 0.3) is 0 Å². The van der Waals surface area contributed by atoms with Gasteiger partial charge in [0.1, 0.15) is 12.2 Å². The number of rotatable bonds is 5. The molecule has 21 heavy (non-hydrogen) atoms. The van der Waals surface area contributed by atoms with Crippen molar-refractivity contribution in [1.29, 1.82) is 0 Å². The van der Waals surface area contributed by atoms with Crippen molar-refractivity contribution < 1.29 is 19.1 Å². The van der Waals surface area contributed by atoms with Crippen molar-refractivity contribution in [2.45, 2.75) is 39.3 Å². The predicted octanol–water partition coefficient (Wildman–Crippen LogP) is 1.27. The smallest absolute Gasteiger partial charge is 0.355 e. The fraction of sp³-hybridized carbons (Fsp3) is 0.600. The van der Waals surface area contributed by atoms with Crippen LogP contribution < -0.4 is 5.32 Å². The minimum absolute atomic E-state index is 0.0944. The summed E-state index contributed by atoms with van der Waals surface area (Å²) in [5, 5.41) is 2.98. The van der Waals surface area contributed by atoms with Gasteiger partial charge in [0.05, 0.1) is 6.61 Å². The Morgan fingerprint density at radius 2 is 2.14 bits per heavy atom. The summed E-state index contributed by atoms with van der Waals surface area (Å²) in [5.41, 5.74) is 1.26. The minimum Gasteiger partial charge on any atom is -0.461 e. The van der Waals surface area contributed by atoms with Gasteiger partial charge in [-0.3, -0.25) is 4.79 Å². The SMILES string of the molecule is CCOC(=O)c1c(C)ccn1CC(=O)NC1CCOCC1. The number of hydrogen-bond donors (Lipinski definition) is 1. The van der Waals surface area contributed by atoms with Gasteiger partial charge < -0.3 is 19.4 Å². The maximum atomic E-state index is 12.1. The number of aromatic nitrogens is 1. The number of nitrogens with zero attached hydrogens (tertiary/aromatic N) is 1. The molecule has 0 radical (unpaired) electrons. The van der Waals surface area contributed by atoms with Crippen molar-refractivity contribution in [3.8, 4) is 0 Å². The van der Waals surface area contributed by atoms with Crippen molar-refractivity contribution in [3.05, 3.63) is 23.5 Å². The Balaban J connectivity index is 1.98. The van der Waals surface area contributed by atoms with E-state index in [1.165, 1.54) is 0 Å². The molecule has 6 nitrogen and oxygen atoms in total. The highest BCUT2D eigenvalue weighted by Crippen LogP contribution is 2.12. The first-order valence-electron chi connectivity index (χ1n) is 7.31. The lowest BCUT2D eigenvalue weighted by Crippen LogP contribution is -2.40. The van der Waals surface area contributed by atoms with Gasteiger partial charge in [-0.25, -0.2) is 4.79 Å². The van der Waals surface area contributed by atoms with Gasteiger partial charge in [-0.2, -0.15) is 0 Å². The number of ether oxygens (including phenoxy) is 2. The van der Waals surface area contributed by atoms with Crippen LogP contribution in [-0.4, -0.2) is 42.3 Å². The van der Waals surface area contributed by atoms with E-state index in [1.54, 1.807) is 17.7 Å². The van der Waals surface area contributed by atoms with Gasteiger partial charge in [0.15, 0.2) is 0 Å². The Kier molecular flexibility index (Phi) is 5.38. The first kappa shape index (κ1) is 15.6. The molecule has 2 rings (SSSR count). The van der Waals surface area contributed by atoms with Crippen molar-refractivity contribution >= 4 is 11.9 Å². The molecule has 0 aliphatic carbocycles. The Morgan fingerprint density at radius 3 is 2.81 bits per heavy atom. The second-order valence-electron chi connectivity index (χ2n) is 5.15. The number of nitrogens with one attached hydrogen (secondary N) is 1. The van der Waals surface area contributed by atoms with E-state index in [1.807, 2.05) is 13.0 Å². The molecule has 1 N–H and O–H groups in total. The fourth-order valence-electron chi connectivity index (χ4n) is 2.46. The van der Waals surface area contributed by atoms with E-state index >= 15 is 0 Å². The average Bonchev–Trinajstić information content (AvgIpc) is 2.81. The van der Waals surface area contributed by atoms with Gasteiger partial charge in [0, 0.05) is 25.5 Å². The third-order valence-electron chi connectivity index (χ3n) is 3.53. The number of esters is 1. The maximum Gasteiger partial charge on any atom is 0.355 e. The monoisotopic (exact) mass is 294 g/mol. The Morgan fingerprint density at radius 1 is 1.43 bits per heavy atom. The topological polar surface area (TPSA) is 69.6 Å². The zero-order valence-corrected chi connectivity index (χ0v) is 12.6. The molecule has 1 saturated heterocycles. The minimum atomic E-state index is -0.390. The molecule has 116 valence electrons. The van der Waals surface area contributed by atoms with Crippen LogP contribution in [0.1, 0.15) is 35.8 Å². The van der Waals surface area contributed by atoms with Crippen LogP contribution in [0.4, 0.5) is 0 Å². The van der Waals surface area contributed by atoms with Crippen molar-refractivity contribution in [3.63, 3.8) is 0 Å². The molecule has 0 atom stereocenters. The van der Waals surface area contributed by atoms with E-state index in [0.29, 0.717) is 25.5 Å². The summed E-state index contributed by atoms with van der Waals surface area (Å²) < 4.78 is 11.9. The number of carbonyl (C=O) groups is 2. The highest BCUT2D eigenvalue weighted by molar-refractivity contribution is 5.90. The van der Waals surface area contributed by atoms with Gasteiger partial charge >= 0.3 is 5.97 Å². The lowest BCUT2D eigenvalue weighted by molar-refractivity contribution is -0.123. The van der Waals surface area contributed by atoms with Crippen molar-refractivity contribution in [2.75, 3.05) is 19.8 Å². The van der Waals surface area contributed by atoms with E-state index in [0.717, 1.165) is 18.4 Å². The fourth-order valence-corrected chi connectivity index (χ4v) is 2.46. The molecular weight excluding hydrogens is 272 g/mol. The molecule has 0 unspecified atom stereocenters. The summed E-state index contributed by atoms with van der Waals surface area (Å²) in [6.07, 6.45) is 3.41. The molecule has 1 aliphatic rings. The highest BCUT2D eigenvalue weighted by Gasteiger charge is 2.20. The number of aryl methyl sites for hydroxylation is 1. The van der Waals surface area contributed by atoms with E-state index in [9.17, 15) is 9.59 Å². The first-order chi connectivity index (χ1) is 10.1. The molecule has 1 aromatic rings. The molecule has 1 amide bonds. The third-order valence-corrected chi connectivity index (χ3v) is 3.53. The molecule has 1 aromatic heterocycles. The molecule has 1 fully saturated rings. The Hall–Kier alpha value is -1.82. The zero-order valence-electron chi connectivity index (χ0n) is 12.6. The molecular formula is C15H22N2O4. The van der Waals surface area contributed by atoms with Crippen LogP contribution in [0, 0.1) is 6.92 Å². The maximum absolute atomic E-state index is 12.1. The van der Waals surface area contributed by atoms with E-state index < -0.39 is 0 Å². The highest BCUT2D eigenvalue weighted by atomic mass is 16.5. The molecule has 6 heteroatoms. The van der Waals surface area contributed by atoms with Crippen molar-refractivity contribution in [1.82, 2.24) is 9.88 Å². The molecule has 0 aromatic carbocycles. The quantitative estimate of drug-likeness (QED) is 0.830. The summed E-state index contributed by atoms with van der Waals surface area (Å²) in [6.45, 7) is 5.40. The summed E-state index contributed by atoms with van der Waals surface area (Å²) in [5.74, 6) is -0.484. The van der Waals surface area contributed by atoms with Crippen LogP contribution in [0.2, 0.25) is 0 Å². The Bertz CT molecular complexity index is 504. The standard InChI is InChI=1S/C15H22N2O4/c1-3-21-15(19)14-11(2)4-7-17(14)10-13(18)16-12-5-8-20-9-6-12/h4,7,12H,3,5-6,8-10H2,1-2H3,(H,16,18). The number of amides is 1. The summed E-state index contributed by atoms with van der Waals surface area (Å²) in [4.78, 5) is 24.0. The van der Waals surface area contributed by atoms with Gasteiger partial charge in [-0.15, -0.1) is 0 Å². The van der Waals surface area contributed by atoms with Gasteiger partial charge in [-0.1, -0.05) is 0 Å². The number of hydrogen-bond acceptors (Lipinski definition) is 4. The summed E-state index contributed by atoms with van der Waals surface area (Å²) in [7, 11) is 0. The van der Waals surface area contributed by atoms with Gasteiger partial charge in [0.2, 0.25) is 5.91 Å². The summed E-state index contributed by atoms with van der Waals surface area (Å²) in [6, 6.07) is 1.97. The molecule has 0 bridgehead atoms. The second-order valence-corrected chi connectivity index (χ2v) is 5.15. The van der Waals surface area contributed by atoms with Crippen LogP contribution in [0.15, 0.2) is 12.3 Å². The Labute approximate surface area is 124 Å². The van der Waals surface area contributed by atoms with Crippen LogP contribution >= 0.6 is 0 Å².